The molecule has 0 N–H and O–H groups in total. The molecule has 0 amide bonds. The summed E-state index contributed by atoms with van der Waals surface area (Å²) < 4.78 is 7.48. The maximum absolute atomic E-state index is 6.35. The van der Waals surface area contributed by atoms with Crippen LogP contribution in [0.2, 0.25) is 0 Å². The molecule has 0 bridgehead atoms. The van der Waals surface area contributed by atoms with Crippen LogP contribution in [0.1, 0.15) is 43.2 Å². The summed E-state index contributed by atoms with van der Waals surface area (Å²) in [5.41, 5.74) is 5.03. The fourth-order valence-electron chi connectivity index (χ4n) is 6.11. The van der Waals surface area contributed by atoms with E-state index >= 15 is 0 Å². The van der Waals surface area contributed by atoms with Gasteiger partial charge in [0.1, 0.15) is 12.2 Å². The quantitative estimate of drug-likeness (QED) is 0.397. The molecular formula is C29H35BrN4O. The molecule has 184 valence electrons. The van der Waals surface area contributed by atoms with Crippen LogP contribution in [0.15, 0.2) is 53.1 Å². The number of pyridine rings is 1. The fourth-order valence-corrected chi connectivity index (χ4v) is 6.38. The highest BCUT2D eigenvalue weighted by Gasteiger charge is 2.26. The van der Waals surface area contributed by atoms with Crippen molar-refractivity contribution in [1.82, 2.24) is 14.8 Å². The number of ether oxygens (including phenoxy) is 1. The van der Waals surface area contributed by atoms with E-state index in [1.165, 1.54) is 54.3 Å². The number of fused-ring (bicyclic) bond motifs is 3. The summed E-state index contributed by atoms with van der Waals surface area (Å²) in [7, 11) is 0. The molecule has 0 spiro atoms. The molecule has 35 heavy (non-hydrogen) atoms. The van der Waals surface area contributed by atoms with E-state index in [-0.39, 0.29) is 0 Å². The summed E-state index contributed by atoms with van der Waals surface area (Å²) in [4.78, 5) is 12.4. The second-order valence-corrected chi connectivity index (χ2v) is 11.4. The van der Waals surface area contributed by atoms with E-state index in [2.05, 4.69) is 73.1 Å². The summed E-state index contributed by atoms with van der Waals surface area (Å²) >= 11 is 3.55. The van der Waals surface area contributed by atoms with Crippen LogP contribution in [0.5, 0.6) is 5.75 Å². The lowest BCUT2D eigenvalue weighted by atomic mass is 9.89. The van der Waals surface area contributed by atoms with Gasteiger partial charge in [-0.1, -0.05) is 41.3 Å². The first-order valence-corrected chi connectivity index (χ1v) is 14.0. The van der Waals surface area contributed by atoms with E-state index in [9.17, 15) is 0 Å². The Morgan fingerprint density at radius 1 is 0.943 bits per heavy atom. The molecular weight excluding hydrogens is 500 g/mol. The Kier molecular flexibility index (Phi) is 6.95. The number of hydrogen-bond donors (Lipinski definition) is 0. The molecule has 0 radical (unpaired) electrons. The van der Waals surface area contributed by atoms with Crippen LogP contribution < -0.4 is 9.64 Å². The highest BCUT2D eigenvalue weighted by Crippen LogP contribution is 2.36. The molecule has 1 aliphatic carbocycles. The largest absolute Gasteiger partial charge is 0.475 e. The van der Waals surface area contributed by atoms with Gasteiger partial charge in [-0.15, -0.1) is 0 Å². The molecule has 1 aromatic heterocycles. The van der Waals surface area contributed by atoms with E-state index in [0.717, 1.165) is 67.5 Å². The number of rotatable bonds is 5. The van der Waals surface area contributed by atoms with Gasteiger partial charge in [0.15, 0.2) is 5.75 Å². The molecule has 0 atom stereocenters. The van der Waals surface area contributed by atoms with Crippen LogP contribution in [0, 0.1) is 5.92 Å². The Morgan fingerprint density at radius 3 is 2.54 bits per heavy atom. The maximum atomic E-state index is 6.35. The van der Waals surface area contributed by atoms with E-state index < -0.39 is 0 Å². The number of anilines is 1. The van der Waals surface area contributed by atoms with Crippen molar-refractivity contribution >= 4 is 32.5 Å². The van der Waals surface area contributed by atoms with Crippen molar-refractivity contribution in [3.63, 3.8) is 0 Å². The van der Waals surface area contributed by atoms with Gasteiger partial charge in [0.2, 0.25) is 0 Å². The molecule has 6 rings (SSSR count). The topological polar surface area (TPSA) is 31.8 Å². The number of nitrogens with zero attached hydrogens (tertiary/aromatic N) is 4. The first-order chi connectivity index (χ1) is 17.2. The van der Waals surface area contributed by atoms with Crippen LogP contribution in [0.25, 0.3) is 10.9 Å². The minimum Gasteiger partial charge on any atom is -0.475 e. The van der Waals surface area contributed by atoms with Crippen LogP contribution in [0.3, 0.4) is 0 Å². The van der Waals surface area contributed by atoms with Crippen molar-refractivity contribution in [1.29, 1.82) is 0 Å². The molecule has 2 aliphatic heterocycles. The van der Waals surface area contributed by atoms with Crippen LogP contribution in [-0.4, -0.2) is 54.2 Å². The molecule has 5 nitrogen and oxygen atoms in total. The number of hydrogen-bond acceptors (Lipinski definition) is 5. The fraction of sp³-hybridized carbons (Fsp3) is 0.483. The van der Waals surface area contributed by atoms with Gasteiger partial charge < -0.3 is 9.64 Å². The molecule has 1 saturated carbocycles. The predicted molar refractivity (Wildman–Crippen MR) is 146 cm³/mol. The zero-order valence-electron chi connectivity index (χ0n) is 20.5. The number of aromatic nitrogens is 1. The number of piperazine rings is 1. The van der Waals surface area contributed by atoms with Gasteiger partial charge in [-0.05, 0) is 60.7 Å². The maximum Gasteiger partial charge on any atom is 0.152 e. The Bertz CT molecular complexity index is 1150. The third kappa shape index (κ3) is 5.20. The Balaban J connectivity index is 1.17. The Hall–Kier alpha value is -2.15. The number of benzene rings is 2. The van der Waals surface area contributed by atoms with Gasteiger partial charge in [-0.2, -0.15) is 0 Å². The molecule has 3 heterocycles. The van der Waals surface area contributed by atoms with Crippen molar-refractivity contribution in [3.8, 4) is 5.75 Å². The summed E-state index contributed by atoms with van der Waals surface area (Å²) in [5.74, 6) is 1.83. The highest BCUT2D eigenvalue weighted by molar-refractivity contribution is 9.10. The van der Waals surface area contributed by atoms with E-state index in [4.69, 9.17) is 9.72 Å². The normalized spacial score (nSPS) is 20.1. The van der Waals surface area contributed by atoms with Crippen LogP contribution in [0.4, 0.5) is 5.69 Å². The SMILES string of the molecule is Brc1ccc(N2CCN(Cc3cc4c(c5ncccc35)OCN(CC3CCCCC3)C4)CC2)cc1. The average molecular weight is 536 g/mol. The Labute approximate surface area is 217 Å². The second-order valence-electron chi connectivity index (χ2n) is 10.5. The van der Waals surface area contributed by atoms with Gasteiger partial charge >= 0.3 is 0 Å². The van der Waals surface area contributed by atoms with Gasteiger partial charge in [-0.3, -0.25) is 14.8 Å². The summed E-state index contributed by atoms with van der Waals surface area (Å²) in [6.45, 7) is 8.04. The van der Waals surface area contributed by atoms with Gasteiger partial charge in [0.05, 0.1) is 0 Å². The molecule has 2 fully saturated rings. The molecule has 6 heteroatoms. The van der Waals surface area contributed by atoms with E-state index in [0.29, 0.717) is 6.73 Å². The van der Waals surface area contributed by atoms with Gasteiger partial charge in [-0.25, -0.2) is 0 Å². The molecule has 3 aliphatic rings. The van der Waals surface area contributed by atoms with Crippen molar-refractivity contribution < 1.29 is 4.74 Å². The summed E-state index contributed by atoms with van der Waals surface area (Å²) in [5, 5.41) is 1.24. The second kappa shape index (κ2) is 10.5. The zero-order valence-corrected chi connectivity index (χ0v) is 22.0. The lowest BCUT2D eigenvalue weighted by Crippen LogP contribution is -2.46. The average Bonchev–Trinajstić information content (AvgIpc) is 2.90. The first kappa shape index (κ1) is 23.3. The van der Waals surface area contributed by atoms with Crippen LogP contribution >= 0.6 is 15.9 Å². The van der Waals surface area contributed by atoms with Crippen molar-refractivity contribution in [2.75, 3.05) is 44.4 Å². The highest BCUT2D eigenvalue weighted by atomic mass is 79.9. The lowest BCUT2D eigenvalue weighted by Gasteiger charge is -2.37. The van der Waals surface area contributed by atoms with Gasteiger partial charge in [0, 0.05) is 73.1 Å². The molecule has 2 aromatic carbocycles. The van der Waals surface area contributed by atoms with Gasteiger partial charge in [0.25, 0.3) is 0 Å². The monoisotopic (exact) mass is 534 g/mol. The molecule has 0 unspecified atom stereocenters. The van der Waals surface area contributed by atoms with Crippen molar-refractivity contribution in [2.24, 2.45) is 5.92 Å². The molecule has 3 aromatic rings. The van der Waals surface area contributed by atoms with Crippen LogP contribution in [-0.2, 0) is 13.1 Å². The zero-order chi connectivity index (χ0) is 23.6. The Morgan fingerprint density at radius 2 is 1.74 bits per heavy atom. The molecule has 1 saturated heterocycles. The smallest absolute Gasteiger partial charge is 0.152 e. The van der Waals surface area contributed by atoms with Crippen molar-refractivity contribution in [2.45, 2.75) is 45.2 Å². The van der Waals surface area contributed by atoms with E-state index in [1.807, 2.05) is 6.20 Å². The minimum absolute atomic E-state index is 0.687. The van der Waals surface area contributed by atoms with E-state index in [1.54, 1.807) is 0 Å². The number of halogens is 1. The summed E-state index contributed by atoms with van der Waals surface area (Å²) in [6.07, 6.45) is 8.85. The third-order valence-corrected chi connectivity index (χ3v) is 8.52. The predicted octanol–water partition coefficient (Wildman–Crippen LogP) is 6.05. The third-order valence-electron chi connectivity index (χ3n) is 7.99. The first-order valence-electron chi connectivity index (χ1n) is 13.2. The van der Waals surface area contributed by atoms with Crippen molar-refractivity contribution in [3.05, 3.63) is 64.3 Å². The summed E-state index contributed by atoms with van der Waals surface area (Å²) in [6, 6.07) is 15.4. The standard InChI is InChI=1S/C29H35BrN4O/c30-25-8-10-26(11-9-25)34-15-13-32(14-16-34)19-23-17-24-20-33(18-22-5-2-1-3-6-22)21-35-29(24)28-27(23)7-4-12-31-28/h4,7-12,17,22H,1-3,5-6,13-16,18-21H2. The lowest BCUT2D eigenvalue weighted by molar-refractivity contribution is 0.0740. The minimum atomic E-state index is 0.687.